The second kappa shape index (κ2) is 5.47. The molecule has 1 rings (SSSR count). The Morgan fingerprint density at radius 2 is 2.27 bits per heavy atom. The largest absolute Gasteiger partial charge is 0.384 e. The summed E-state index contributed by atoms with van der Waals surface area (Å²) in [6, 6.07) is 1.96. The molecule has 15 heavy (non-hydrogen) atoms. The molecule has 1 aromatic heterocycles. The van der Waals surface area contributed by atoms with Crippen molar-refractivity contribution in [2.24, 2.45) is 11.1 Å². The minimum Gasteiger partial charge on any atom is -0.384 e. The van der Waals surface area contributed by atoms with Gasteiger partial charge in [-0.2, -0.15) is 0 Å². The predicted molar refractivity (Wildman–Crippen MR) is 67.9 cm³/mol. The third-order valence-corrected chi connectivity index (χ3v) is 2.98. The molecule has 1 heterocycles. The van der Waals surface area contributed by atoms with Gasteiger partial charge in [0.15, 0.2) is 0 Å². The molecule has 84 valence electrons. The first-order valence-corrected chi connectivity index (χ1v) is 5.88. The highest BCUT2D eigenvalue weighted by atomic mass is 79.9. The van der Waals surface area contributed by atoms with Gasteiger partial charge in [-0.15, -0.1) is 0 Å². The van der Waals surface area contributed by atoms with Gasteiger partial charge in [-0.25, -0.2) is 0 Å². The Morgan fingerprint density at radius 3 is 2.87 bits per heavy atom. The number of halogens is 1. The zero-order valence-electron chi connectivity index (χ0n) is 9.26. The number of hydrogen-bond acceptors (Lipinski definition) is 3. The summed E-state index contributed by atoms with van der Waals surface area (Å²) in [4.78, 5) is 4.02. The molecule has 1 aromatic rings. The summed E-state index contributed by atoms with van der Waals surface area (Å²) in [6.07, 6.45) is 4.59. The Hall–Kier alpha value is -0.610. The van der Waals surface area contributed by atoms with Crippen LogP contribution in [0.5, 0.6) is 0 Å². The van der Waals surface area contributed by atoms with E-state index in [0.29, 0.717) is 0 Å². The minimum absolute atomic E-state index is 0.220. The summed E-state index contributed by atoms with van der Waals surface area (Å²) >= 11 is 3.45. The molecule has 0 spiro atoms. The van der Waals surface area contributed by atoms with Crippen LogP contribution in [0.1, 0.15) is 20.3 Å². The zero-order valence-corrected chi connectivity index (χ0v) is 10.8. The number of nitrogens with zero attached hydrogens (tertiary/aromatic N) is 1. The fraction of sp³-hybridized carbons (Fsp3) is 0.545. The predicted octanol–water partition coefficient (Wildman–Crippen LogP) is 2.63. The van der Waals surface area contributed by atoms with Crippen LogP contribution < -0.4 is 11.1 Å². The lowest BCUT2D eigenvalue weighted by atomic mass is 9.89. The van der Waals surface area contributed by atoms with Crippen LogP contribution in [0, 0.1) is 5.41 Å². The van der Waals surface area contributed by atoms with E-state index in [9.17, 15) is 0 Å². The van der Waals surface area contributed by atoms with Gasteiger partial charge >= 0.3 is 0 Å². The van der Waals surface area contributed by atoms with Crippen molar-refractivity contribution < 1.29 is 0 Å². The van der Waals surface area contributed by atoms with Gasteiger partial charge in [0.25, 0.3) is 0 Å². The quantitative estimate of drug-likeness (QED) is 0.866. The lowest BCUT2D eigenvalue weighted by Crippen LogP contribution is -2.26. The monoisotopic (exact) mass is 271 g/mol. The number of hydrogen-bond donors (Lipinski definition) is 2. The van der Waals surface area contributed by atoms with Crippen LogP contribution in [-0.4, -0.2) is 18.1 Å². The van der Waals surface area contributed by atoms with Gasteiger partial charge in [0, 0.05) is 18.9 Å². The summed E-state index contributed by atoms with van der Waals surface area (Å²) in [5, 5.41) is 3.40. The highest BCUT2D eigenvalue weighted by Gasteiger charge is 2.16. The van der Waals surface area contributed by atoms with Gasteiger partial charge in [0.2, 0.25) is 0 Å². The average Bonchev–Trinajstić information content (AvgIpc) is 2.16. The summed E-state index contributed by atoms with van der Waals surface area (Å²) in [6.45, 7) is 6.06. The first-order chi connectivity index (χ1) is 7.05. The zero-order chi connectivity index (χ0) is 11.3. The van der Waals surface area contributed by atoms with E-state index in [-0.39, 0.29) is 5.41 Å². The third-order valence-electron chi connectivity index (χ3n) is 2.35. The van der Waals surface area contributed by atoms with Gasteiger partial charge in [-0.1, -0.05) is 13.8 Å². The van der Waals surface area contributed by atoms with E-state index in [1.165, 1.54) is 0 Å². The SMILES string of the molecule is CC(C)(CCN)CNc1ccncc1Br. The average molecular weight is 272 g/mol. The molecule has 0 unspecified atom stereocenters. The highest BCUT2D eigenvalue weighted by molar-refractivity contribution is 9.10. The summed E-state index contributed by atoms with van der Waals surface area (Å²) in [5.41, 5.74) is 6.86. The lowest BCUT2D eigenvalue weighted by Gasteiger charge is -2.25. The maximum absolute atomic E-state index is 5.57. The van der Waals surface area contributed by atoms with Crippen LogP contribution in [0.4, 0.5) is 5.69 Å². The molecule has 0 aliphatic carbocycles. The Bertz CT molecular complexity index is 312. The van der Waals surface area contributed by atoms with E-state index < -0.39 is 0 Å². The van der Waals surface area contributed by atoms with Crippen molar-refractivity contribution in [3.8, 4) is 0 Å². The number of anilines is 1. The van der Waals surface area contributed by atoms with Crippen molar-refractivity contribution >= 4 is 21.6 Å². The summed E-state index contributed by atoms with van der Waals surface area (Å²) in [5.74, 6) is 0. The molecule has 0 aliphatic heterocycles. The third kappa shape index (κ3) is 4.18. The molecule has 0 saturated carbocycles. The minimum atomic E-state index is 0.220. The summed E-state index contributed by atoms with van der Waals surface area (Å²) < 4.78 is 0.994. The molecule has 0 saturated heterocycles. The van der Waals surface area contributed by atoms with Gasteiger partial charge in [0.05, 0.1) is 10.2 Å². The molecule has 4 heteroatoms. The second-order valence-electron chi connectivity index (χ2n) is 4.41. The molecular weight excluding hydrogens is 254 g/mol. The van der Waals surface area contributed by atoms with Crippen molar-refractivity contribution in [3.05, 3.63) is 22.9 Å². The second-order valence-corrected chi connectivity index (χ2v) is 5.27. The van der Waals surface area contributed by atoms with Crippen molar-refractivity contribution in [2.45, 2.75) is 20.3 Å². The van der Waals surface area contributed by atoms with Crippen LogP contribution in [0.3, 0.4) is 0 Å². The highest BCUT2D eigenvalue weighted by Crippen LogP contribution is 2.24. The normalized spacial score (nSPS) is 11.5. The maximum atomic E-state index is 5.57. The molecule has 0 aliphatic rings. The number of rotatable bonds is 5. The Balaban J connectivity index is 2.53. The van der Waals surface area contributed by atoms with Gasteiger partial charge < -0.3 is 11.1 Å². The van der Waals surface area contributed by atoms with E-state index in [0.717, 1.165) is 29.7 Å². The fourth-order valence-corrected chi connectivity index (χ4v) is 1.72. The van der Waals surface area contributed by atoms with Crippen molar-refractivity contribution in [2.75, 3.05) is 18.4 Å². The topological polar surface area (TPSA) is 50.9 Å². The van der Waals surface area contributed by atoms with Crippen LogP contribution in [0.25, 0.3) is 0 Å². The molecule has 0 radical (unpaired) electrons. The van der Waals surface area contributed by atoms with E-state index >= 15 is 0 Å². The number of aromatic nitrogens is 1. The Morgan fingerprint density at radius 1 is 1.53 bits per heavy atom. The van der Waals surface area contributed by atoms with Crippen molar-refractivity contribution in [1.29, 1.82) is 0 Å². The standard InChI is InChI=1S/C11H18BrN3/c1-11(2,4-5-13)8-15-10-3-6-14-7-9(10)12/h3,6-7H,4-5,8,13H2,1-2H3,(H,14,15). The molecule has 0 aromatic carbocycles. The van der Waals surface area contributed by atoms with Crippen LogP contribution in [-0.2, 0) is 0 Å². The Kier molecular flexibility index (Phi) is 4.54. The van der Waals surface area contributed by atoms with E-state index in [1.807, 2.05) is 6.07 Å². The van der Waals surface area contributed by atoms with Crippen LogP contribution in [0.2, 0.25) is 0 Å². The first kappa shape index (κ1) is 12.5. The number of nitrogens with two attached hydrogens (primary N) is 1. The number of pyridine rings is 1. The molecule has 0 fully saturated rings. The van der Waals surface area contributed by atoms with E-state index in [4.69, 9.17) is 5.73 Å². The molecular formula is C11H18BrN3. The van der Waals surface area contributed by atoms with Gasteiger partial charge in [-0.05, 0) is 40.4 Å². The van der Waals surface area contributed by atoms with Crippen LogP contribution in [0.15, 0.2) is 22.9 Å². The van der Waals surface area contributed by atoms with E-state index in [2.05, 4.69) is 40.1 Å². The van der Waals surface area contributed by atoms with Gasteiger partial charge in [-0.3, -0.25) is 4.98 Å². The van der Waals surface area contributed by atoms with E-state index in [1.54, 1.807) is 12.4 Å². The molecule has 0 atom stereocenters. The summed E-state index contributed by atoms with van der Waals surface area (Å²) in [7, 11) is 0. The molecule has 0 bridgehead atoms. The van der Waals surface area contributed by atoms with Crippen molar-refractivity contribution in [1.82, 2.24) is 4.98 Å². The smallest absolute Gasteiger partial charge is 0.0590 e. The number of nitrogens with one attached hydrogen (secondary N) is 1. The maximum Gasteiger partial charge on any atom is 0.0590 e. The molecule has 0 amide bonds. The Labute approximate surface area is 99.6 Å². The molecule has 3 N–H and O–H groups in total. The fourth-order valence-electron chi connectivity index (χ4n) is 1.33. The van der Waals surface area contributed by atoms with Crippen LogP contribution >= 0.6 is 15.9 Å². The first-order valence-electron chi connectivity index (χ1n) is 5.08. The lowest BCUT2D eigenvalue weighted by molar-refractivity contribution is 0.365. The van der Waals surface area contributed by atoms with Gasteiger partial charge in [0.1, 0.15) is 0 Å². The molecule has 3 nitrogen and oxygen atoms in total. The van der Waals surface area contributed by atoms with Crippen molar-refractivity contribution in [3.63, 3.8) is 0 Å².